The van der Waals surface area contributed by atoms with Crippen molar-refractivity contribution >= 4 is 0 Å². The van der Waals surface area contributed by atoms with E-state index in [9.17, 15) is 0 Å². The predicted octanol–water partition coefficient (Wildman–Crippen LogP) is -1.20. The summed E-state index contributed by atoms with van der Waals surface area (Å²) in [6, 6.07) is 0. The van der Waals surface area contributed by atoms with Gasteiger partial charge in [-0.1, -0.05) is 0 Å². The van der Waals surface area contributed by atoms with Crippen molar-refractivity contribution in [3.05, 3.63) is 29.9 Å². The van der Waals surface area contributed by atoms with Gasteiger partial charge < -0.3 is 5.32 Å². The van der Waals surface area contributed by atoms with Crippen molar-refractivity contribution in [1.82, 2.24) is 0 Å². The van der Waals surface area contributed by atoms with Crippen LogP contribution in [0.4, 0.5) is 0 Å². The second kappa shape index (κ2) is 4.05. The predicted molar refractivity (Wildman–Crippen MR) is 26.3 cm³/mol. The molecule has 0 bridgehead atoms. The van der Waals surface area contributed by atoms with Crippen LogP contribution < -0.4 is 18.9 Å². The minimum atomic E-state index is 0. The summed E-state index contributed by atoms with van der Waals surface area (Å²) >= 11 is 0. The van der Waals surface area contributed by atoms with E-state index in [1.54, 1.807) is 12.4 Å². The van der Waals surface area contributed by atoms with Crippen molar-refractivity contribution in [2.75, 3.05) is 0 Å². The Kier molecular flexibility index (Phi) is 3.98. The van der Waals surface area contributed by atoms with Gasteiger partial charge >= 0.3 is 18.9 Å². The maximum atomic E-state index is 3.82. The smallest absolute Gasteiger partial charge is 0.671 e. The Morgan fingerprint density at radius 1 is 1.14 bits per heavy atom. The molecule has 0 saturated carbocycles. The van der Waals surface area contributed by atoms with Crippen molar-refractivity contribution in [3.8, 4) is 0 Å². The van der Waals surface area contributed by atoms with Crippen LogP contribution >= 0.6 is 0 Å². The summed E-state index contributed by atoms with van der Waals surface area (Å²) in [5, 5.41) is 3.82. The molecule has 0 aliphatic carbocycles. The first-order valence-corrected chi connectivity index (χ1v) is 2.00. The number of rotatable bonds is 0. The summed E-state index contributed by atoms with van der Waals surface area (Å²) < 4.78 is 0. The first-order chi connectivity index (χ1) is 3.00. The van der Waals surface area contributed by atoms with E-state index in [4.69, 9.17) is 0 Å². The Balaban J connectivity index is 0.000000360. The number of hydrogen-bond acceptors (Lipinski definition) is 0. The first-order valence-electron chi connectivity index (χ1n) is 2.00. The fourth-order valence-corrected chi connectivity index (χ4v) is 0.372. The zero-order chi connectivity index (χ0) is 4.24. The van der Waals surface area contributed by atoms with Gasteiger partial charge in [-0.25, -0.2) is 0 Å². The average Bonchev–Trinajstić information content (AvgIpc) is 1.72. The molecule has 0 spiro atoms. The molecular weight excluding hydrogens is 81.0 g/mol. The van der Waals surface area contributed by atoms with Crippen LogP contribution in [0.2, 0.25) is 0 Å². The fraction of sp³-hybridized carbons (Fsp3) is 0.200. The molecule has 1 aliphatic rings. The minimum absolute atomic E-state index is 0. The van der Waals surface area contributed by atoms with Crippen LogP contribution in [-0.4, -0.2) is 0 Å². The van der Waals surface area contributed by atoms with E-state index < -0.39 is 0 Å². The zero-order valence-electron chi connectivity index (χ0n) is 4.46. The topological polar surface area (TPSA) is 14.1 Å². The van der Waals surface area contributed by atoms with Crippen LogP contribution in [0, 0.1) is 0 Å². The third kappa shape index (κ3) is 2.56. The Bertz CT molecular complexity index is 66.1. The summed E-state index contributed by atoms with van der Waals surface area (Å²) in [5.74, 6) is 0. The van der Waals surface area contributed by atoms with Gasteiger partial charge in [0.1, 0.15) is 0 Å². The molecule has 1 aliphatic heterocycles. The number of allylic oxidation sites excluding steroid dienone is 2. The summed E-state index contributed by atoms with van der Waals surface area (Å²) in [7, 11) is 0. The molecule has 0 aromatic carbocycles. The second-order valence-corrected chi connectivity index (χ2v) is 1.15. The maximum absolute atomic E-state index is 3.82. The van der Waals surface area contributed by atoms with Gasteiger partial charge in [0.25, 0.3) is 0 Å². The number of hydrogen-bond donors (Lipinski definition) is 0. The first kappa shape index (κ1) is 6.88. The zero-order valence-corrected chi connectivity index (χ0v) is 4.46. The van der Waals surface area contributed by atoms with Gasteiger partial charge in [0, 0.05) is 0 Å². The van der Waals surface area contributed by atoms with Crippen molar-refractivity contribution in [3.63, 3.8) is 0 Å². The van der Waals surface area contributed by atoms with Crippen LogP contribution in [0.15, 0.2) is 24.6 Å². The molecular formula is C5H6LiN. The molecule has 0 aromatic rings. The van der Waals surface area contributed by atoms with Crippen molar-refractivity contribution < 1.29 is 18.9 Å². The third-order valence-electron chi connectivity index (χ3n) is 0.655. The van der Waals surface area contributed by atoms with Gasteiger partial charge in [-0.05, 0) is 6.42 Å². The van der Waals surface area contributed by atoms with E-state index in [2.05, 4.69) is 5.32 Å². The Hall–Kier alpha value is -0.123. The molecule has 0 atom stereocenters. The average molecular weight is 87.1 g/mol. The summed E-state index contributed by atoms with van der Waals surface area (Å²) in [6.45, 7) is 0. The fourth-order valence-electron chi connectivity index (χ4n) is 0.372. The van der Waals surface area contributed by atoms with Gasteiger partial charge in [-0.2, -0.15) is 12.4 Å². The molecule has 1 heterocycles. The summed E-state index contributed by atoms with van der Waals surface area (Å²) in [5.41, 5.74) is 0. The molecule has 0 amide bonds. The van der Waals surface area contributed by atoms with E-state index in [-0.39, 0.29) is 18.9 Å². The molecule has 1 rings (SSSR count). The van der Waals surface area contributed by atoms with Crippen LogP contribution in [0.1, 0.15) is 6.42 Å². The summed E-state index contributed by atoms with van der Waals surface area (Å²) in [6.07, 6.45) is 8.68. The molecule has 0 unspecified atom stereocenters. The molecule has 0 radical (unpaired) electrons. The second-order valence-electron chi connectivity index (χ2n) is 1.15. The molecule has 0 aromatic heterocycles. The van der Waals surface area contributed by atoms with Crippen LogP contribution in [0.25, 0.3) is 5.32 Å². The maximum Gasteiger partial charge on any atom is 1.00 e. The third-order valence-corrected chi connectivity index (χ3v) is 0.655. The van der Waals surface area contributed by atoms with E-state index in [0.717, 1.165) is 6.42 Å². The largest absolute Gasteiger partial charge is 1.00 e. The number of nitrogens with zero attached hydrogens (tertiary/aromatic N) is 1. The van der Waals surface area contributed by atoms with Crippen LogP contribution in [0.3, 0.4) is 0 Å². The SMILES string of the molecule is C1=C[N-]C=CC1.[Li+]. The van der Waals surface area contributed by atoms with Gasteiger partial charge in [0.05, 0.1) is 0 Å². The van der Waals surface area contributed by atoms with E-state index in [1.807, 2.05) is 12.2 Å². The minimum Gasteiger partial charge on any atom is -0.671 e. The standard InChI is InChI=1S/C5H6N.Li/c1-2-4-6-5-3-1;/h2-5H,1H2;/q-1;+1. The van der Waals surface area contributed by atoms with Crippen LogP contribution in [-0.2, 0) is 0 Å². The van der Waals surface area contributed by atoms with E-state index >= 15 is 0 Å². The molecule has 0 fully saturated rings. The van der Waals surface area contributed by atoms with Crippen molar-refractivity contribution in [2.24, 2.45) is 0 Å². The normalized spacial score (nSPS) is 14.9. The Morgan fingerprint density at radius 3 is 1.86 bits per heavy atom. The van der Waals surface area contributed by atoms with Crippen molar-refractivity contribution in [2.45, 2.75) is 6.42 Å². The van der Waals surface area contributed by atoms with Crippen LogP contribution in [0.5, 0.6) is 0 Å². The quantitative estimate of drug-likeness (QED) is 0.329. The van der Waals surface area contributed by atoms with Gasteiger partial charge in [0.2, 0.25) is 0 Å². The summed E-state index contributed by atoms with van der Waals surface area (Å²) in [4.78, 5) is 0. The molecule has 0 N–H and O–H groups in total. The monoisotopic (exact) mass is 87.1 g/mol. The van der Waals surface area contributed by atoms with Gasteiger partial charge in [-0.3, -0.25) is 0 Å². The molecule has 1 nitrogen and oxygen atoms in total. The molecule has 7 heavy (non-hydrogen) atoms. The molecule has 2 heteroatoms. The van der Waals surface area contributed by atoms with E-state index in [1.165, 1.54) is 0 Å². The Morgan fingerprint density at radius 2 is 1.71 bits per heavy atom. The molecule has 32 valence electrons. The van der Waals surface area contributed by atoms with Gasteiger partial charge in [-0.15, -0.1) is 12.2 Å². The molecule has 0 saturated heterocycles. The van der Waals surface area contributed by atoms with Gasteiger partial charge in [0.15, 0.2) is 0 Å². The Labute approximate surface area is 55.7 Å². The van der Waals surface area contributed by atoms with E-state index in [0.29, 0.717) is 0 Å². The van der Waals surface area contributed by atoms with Crippen molar-refractivity contribution in [1.29, 1.82) is 0 Å².